The topological polar surface area (TPSA) is 60.1 Å². The van der Waals surface area contributed by atoms with Gasteiger partial charge in [0, 0.05) is 44.6 Å². The third-order valence-corrected chi connectivity index (χ3v) is 5.52. The second-order valence-corrected chi connectivity index (χ2v) is 7.23. The summed E-state index contributed by atoms with van der Waals surface area (Å²) in [5.74, 6) is 0. The van der Waals surface area contributed by atoms with Crippen molar-refractivity contribution in [2.45, 2.75) is 44.5 Å². The van der Waals surface area contributed by atoms with E-state index in [1.54, 1.807) is 0 Å². The molecule has 2 aromatic heterocycles. The van der Waals surface area contributed by atoms with Gasteiger partial charge < -0.3 is 10.1 Å². The predicted molar refractivity (Wildman–Crippen MR) is 95.3 cm³/mol. The van der Waals surface area contributed by atoms with Gasteiger partial charge in [0.15, 0.2) is 0 Å². The number of ether oxygens (including phenoxy) is 1. The van der Waals surface area contributed by atoms with E-state index >= 15 is 0 Å². The SMILES string of the molecule is CC(NC[C@@H]1OCCN(C)[C@H]1c1ccnn1C)c1cc2n(n1)CCC2. The van der Waals surface area contributed by atoms with Crippen LogP contribution in [-0.4, -0.2) is 57.3 Å². The van der Waals surface area contributed by atoms with E-state index in [1.807, 2.05) is 17.9 Å². The summed E-state index contributed by atoms with van der Waals surface area (Å²) in [6, 6.07) is 4.78. The molecule has 0 radical (unpaired) electrons. The van der Waals surface area contributed by atoms with E-state index in [2.05, 4.69) is 46.1 Å². The maximum Gasteiger partial charge on any atom is 0.0911 e. The average molecular weight is 344 g/mol. The molecule has 7 heteroatoms. The summed E-state index contributed by atoms with van der Waals surface area (Å²) >= 11 is 0. The Kier molecular flexibility index (Phi) is 4.62. The lowest BCUT2D eigenvalue weighted by atomic mass is 10.0. The van der Waals surface area contributed by atoms with E-state index in [4.69, 9.17) is 9.84 Å². The van der Waals surface area contributed by atoms with Gasteiger partial charge in [-0.05, 0) is 38.9 Å². The third-order valence-electron chi connectivity index (χ3n) is 5.52. The lowest BCUT2D eigenvalue weighted by Crippen LogP contribution is -2.48. The molecular formula is C18H28N6O. The van der Waals surface area contributed by atoms with E-state index < -0.39 is 0 Å². The van der Waals surface area contributed by atoms with Crippen LogP contribution in [0.3, 0.4) is 0 Å². The molecule has 1 fully saturated rings. The van der Waals surface area contributed by atoms with Crippen molar-refractivity contribution in [3.63, 3.8) is 0 Å². The first-order valence-corrected chi connectivity index (χ1v) is 9.23. The van der Waals surface area contributed by atoms with Crippen molar-refractivity contribution in [3.05, 3.63) is 35.4 Å². The van der Waals surface area contributed by atoms with Crippen molar-refractivity contribution < 1.29 is 4.74 Å². The summed E-state index contributed by atoms with van der Waals surface area (Å²) in [6.07, 6.45) is 4.33. The number of hydrogen-bond donors (Lipinski definition) is 1. The van der Waals surface area contributed by atoms with Crippen LogP contribution < -0.4 is 5.32 Å². The molecule has 1 unspecified atom stereocenters. The quantitative estimate of drug-likeness (QED) is 0.886. The molecule has 1 saturated heterocycles. The van der Waals surface area contributed by atoms with Crippen molar-refractivity contribution in [2.24, 2.45) is 7.05 Å². The fourth-order valence-electron chi connectivity index (χ4n) is 4.01. The Labute approximate surface area is 148 Å². The van der Waals surface area contributed by atoms with Gasteiger partial charge in [0.05, 0.1) is 30.1 Å². The minimum atomic E-state index is 0.103. The molecule has 4 rings (SSSR count). The van der Waals surface area contributed by atoms with Crippen LogP contribution in [0.5, 0.6) is 0 Å². The lowest BCUT2D eigenvalue weighted by Gasteiger charge is -2.39. The summed E-state index contributed by atoms with van der Waals surface area (Å²) < 4.78 is 10.2. The van der Waals surface area contributed by atoms with Crippen LogP contribution in [0.4, 0.5) is 0 Å². The first kappa shape index (κ1) is 16.8. The molecule has 0 saturated carbocycles. The standard InChI is InChI=1S/C18H28N6O/c1-13(15-11-14-5-4-8-24(14)21-15)19-12-17-18(22(2)9-10-25-17)16-6-7-20-23(16)3/h6-7,11,13,17-19H,4-5,8-10,12H2,1-3H3/t13?,17-,18-/m0/s1. The molecule has 136 valence electrons. The molecule has 7 nitrogen and oxygen atoms in total. The van der Waals surface area contributed by atoms with Gasteiger partial charge in [-0.25, -0.2) is 0 Å². The fourth-order valence-corrected chi connectivity index (χ4v) is 4.01. The summed E-state index contributed by atoms with van der Waals surface area (Å²) in [5, 5.41) is 12.7. The number of nitrogens with one attached hydrogen (secondary N) is 1. The van der Waals surface area contributed by atoms with Crippen LogP contribution in [-0.2, 0) is 24.8 Å². The Bertz CT molecular complexity index is 701. The van der Waals surface area contributed by atoms with Gasteiger partial charge in [-0.1, -0.05) is 0 Å². The Morgan fingerprint density at radius 1 is 1.36 bits per heavy atom. The lowest BCUT2D eigenvalue weighted by molar-refractivity contribution is -0.0646. The highest BCUT2D eigenvalue weighted by Crippen LogP contribution is 2.28. The molecule has 0 aromatic carbocycles. The summed E-state index contributed by atoms with van der Waals surface area (Å²) in [6.45, 7) is 5.74. The minimum absolute atomic E-state index is 0.103. The number of fused-ring (bicyclic) bond motifs is 1. The van der Waals surface area contributed by atoms with Crippen molar-refractivity contribution in [3.8, 4) is 0 Å². The van der Waals surface area contributed by atoms with Gasteiger partial charge in [0.1, 0.15) is 0 Å². The molecule has 0 aliphatic carbocycles. The number of rotatable bonds is 5. The van der Waals surface area contributed by atoms with E-state index in [9.17, 15) is 0 Å². The normalized spacial score (nSPS) is 25.2. The van der Waals surface area contributed by atoms with Crippen LogP contribution in [0.2, 0.25) is 0 Å². The maximum absolute atomic E-state index is 6.12. The van der Waals surface area contributed by atoms with E-state index in [-0.39, 0.29) is 18.2 Å². The van der Waals surface area contributed by atoms with Crippen molar-refractivity contribution in [2.75, 3.05) is 26.7 Å². The molecule has 0 spiro atoms. The van der Waals surface area contributed by atoms with Gasteiger partial charge >= 0.3 is 0 Å². The first-order chi connectivity index (χ1) is 12.1. The molecule has 2 aliphatic rings. The highest BCUT2D eigenvalue weighted by molar-refractivity contribution is 5.16. The Morgan fingerprint density at radius 2 is 2.24 bits per heavy atom. The summed E-state index contributed by atoms with van der Waals surface area (Å²) in [7, 11) is 4.16. The molecule has 0 bridgehead atoms. The smallest absolute Gasteiger partial charge is 0.0911 e. The van der Waals surface area contributed by atoms with Crippen LogP contribution in [0.25, 0.3) is 0 Å². The molecular weight excluding hydrogens is 316 g/mol. The monoisotopic (exact) mass is 344 g/mol. The largest absolute Gasteiger partial charge is 0.374 e. The van der Waals surface area contributed by atoms with Crippen LogP contribution in [0.15, 0.2) is 18.3 Å². The average Bonchev–Trinajstić information content (AvgIpc) is 3.28. The minimum Gasteiger partial charge on any atom is -0.374 e. The zero-order valence-corrected chi connectivity index (χ0v) is 15.4. The molecule has 25 heavy (non-hydrogen) atoms. The Morgan fingerprint density at radius 3 is 3.00 bits per heavy atom. The number of likely N-dealkylation sites (N-methyl/N-ethyl adjacent to an activating group) is 1. The summed E-state index contributed by atoms with van der Waals surface area (Å²) in [4.78, 5) is 2.36. The van der Waals surface area contributed by atoms with Gasteiger partial charge in [-0.2, -0.15) is 10.2 Å². The number of nitrogens with zero attached hydrogens (tertiary/aromatic N) is 5. The van der Waals surface area contributed by atoms with Crippen molar-refractivity contribution in [1.82, 2.24) is 29.8 Å². The predicted octanol–water partition coefficient (Wildman–Crippen LogP) is 1.29. The number of aromatic nitrogens is 4. The third kappa shape index (κ3) is 3.23. The van der Waals surface area contributed by atoms with Crippen LogP contribution >= 0.6 is 0 Å². The second-order valence-electron chi connectivity index (χ2n) is 7.23. The molecule has 1 N–H and O–H groups in total. The van der Waals surface area contributed by atoms with E-state index in [1.165, 1.54) is 17.8 Å². The van der Waals surface area contributed by atoms with E-state index in [0.717, 1.165) is 38.4 Å². The second kappa shape index (κ2) is 6.90. The van der Waals surface area contributed by atoms with Crippen LogP contribution in [0.1, 0.15) is 42.5 Å². The number of morpholine rings is 1. The number of aryl methyl sites for hydroxylation is 3. The van der Waals surface area contributed by atoms with Crippen molar-refractivity contribution >= 4 is 0 Å². The highest BCUT2D eigenvalue weighted by Gasteiger charge is 2.33. The van der Waals surface area contributed by atoms with Gasteiger partial charge in [0.2, 0.25) is 0 Å². The van der Waals surface area contributed by atoms with Crippen LogP contribution in [0, 0.1) is 0 Å². The van der Waals surface area contributed by atoms with Gasteiger partial charge in [-0.3, -0.25) is 14.3 Å². The first-order valence-electron chi connectivity index (χ1n) is 9.23. The molecule has 2 aromatic rings. The zero-order valence-electron chi connectivity index (χ0n) is 15.4. The molecule has 3 atom stereocenters. The molecule has 0 amide bonds. The number of hydrogen-bond acceptors (Lipinski definition) is 5. The Balaban J connectivity index is 1.43. The molecule has 2 aliphatic heterocycles. The van der Waals surface area contributed by atoms with E-state index in [0.29, 0.717) is 0 Å². The van der Waals surface area contributed by atoms with Gasteiger partial charge in [-0.15, -0.1) is 0 Å². The fraction of sp³-hybridized carbons (Fsp3) is 0.667. The summed E-state index contributed by atoms with van der Waals surface area (Å²) in [5.41, 5.74) is 3.70. The Hall–Kier alpha value is -1.70. The van der Waals surface area contributed by atoms with Crippen molar-refractivity contribution in [1.29, 1.82) is 0 Å². The maximum atomic E-state index is 6.12. The van der Waals surface area contributed by atoms with Gasteiger partial charge in [0.25, 0.3) is 0 Å². The molecule has 4 heterocycles. The zero-order chi connectivity index (χ0) is 17.4. The highest BCUT2D eigenvalue weighted by atomic mass is 16.5.